The van der Waals surface area contributed by atoms with E-state index in [-0.39, 0.29) is 5.56 Å². The van der Waals surface area contributed by atoms with Crippen LogP contribution in [0.3, 0.4) is 0 Å². The second kappa shape index (κ2) is 4.07. The Morgan fingerprint density at radius 3 is 2.72 bits per heavy atom. The molecule has 0 saturated heterocycles. The highest BCUT2D eigenvalue weighted by molar-refractivity contribution is 9.10. The monoisotopic (exact) mass is 301 g/mol. The van der Waals surface area contributed by atoms with E-state index < -0.39 is 5.97 Å². The zero-order valence-electron chi connectivity index (χ0n) is 9.22. The molecule has 1 heterocycles. The summed E-state index contributed by atoms with van der Waals surface area (Å²) in [5.74, 6) is -0.917. The Kier molecular flexibility index (Phi) is 2.52. The molecule has 18 heavy (non-hydrogen) atoms. The number of benzene rings is 2. The van der Waals surface area contributed by atoms with Crippen molar-refractivity contribution in [3.05, 3.63) is 52.8 Å². The summed E-state index contributed by atoms with van der Waals surface area (Å²) >= 11 is 3.50. The van der Waals surface area contributed by atoms with Crippen LogP contribution in [0.15, 0.2) is 47.2 Å². The van der Waals surface area contributed by atoms with Gasteiger partial charge in [0.05, 0.1) is 5.56 Å². The maximum Gasteiger partial charge on any atom is 0.335 e. The Balaban J connectivity index is 2.46. The van der Waals surface area contributed by atoms with E-state index in [9.17, 15) is 4.79 Å². The highest BCUT2D eigenvalue weighted by atomic mass is 79.9. The van der Waals surface area contributed by atoms with E-state index in [1.165, 1.54) is 0 Å². The number of pyridine rings is 1. The molecular formula is C14H8BrNO2. The minimum absolute atomic E-state index is 0.289. The highest BCUT2D eigenvalue weighted by Crippen LogP contribution is 2.31. The van der Waals surface area contributed by atoms with Crippen molar-refractivity contribution >= 4 is 43.4 Å². The van der Waals surface area contributed by atoms with Crippen molar-refractivity contribution in [2.75, 3.05) is 0 Å². The average molecular weight is 302 g/mol. The van der Waals surface area contributed by atoms with Crippen molar-refractivity contribution in [2.24, 2.45) is 0 Å². The first kappa shape index (κ1) is 11.2. The minimum Gasteiger partial charge on any atom is -0.478 e. The van der Waals surface area contributed by atoms with Gasteiger partial charge in [0.2, 0.25) is 0 Å². The summed E-state index contributed by atoms with van der Waals surface area (Å²) in [6.45, 7) is 0. The molecule has 0 aliphatic rings. The number of hydrogen-bond acceptors (Lipinski definition) is 2. The third-order valence-corrected chi connectivity index (χ3v) is 3.61. The van der Waals surface area contributed by atoms with Crippen molar-refractivity contribution in [2.45, 2.75) is 0 Å². The van der Waals surface area contributed by atoms with E-state index in [1.54, 1.807) is 24.5 Å². The predicted molar refractivity (Wildman–Crippen MR) is 73.9 cm³/mol. The summed E-state index contributed by atoms with van der Waals surface area (Å²) in [4.78, 5) is 15.1. The molecule has 0 bridgehead atoms. The third-order valence-electron chi connectivity index (χ3n) is 2.95. The lowest BCUT2D eigenvalue weighted by Crippen LogP contribution is -1.95. The van der Waals surface area contributed by atoms with Crippen LogP contribution < -0.4 is 0 Å². The number of hydrogen-bond donors (Lipinski definition) is 1. The van der Waals surface area contributed by atoms with Gasteiger partial charge in [0, 0.05) is 22.3 Å². The molecule has 0 radical (unpaired) electrons. The summed E-state index contributed by atoms with van der Waals surface area (Å²) in [6.07, 6.45) is 3.54. The van der Waals surface area contributed by atoms with Gasteiger partial charge in [-0.2, -0.15) is 0 Å². The average Bonchev–Trinajstić information content (AvgIpc) is 2.38. The number of aromatic carboxylic acids is 1. The zero-order valence-corrected chi connectivity index (χ0v) is 10.8. The molecule has 3 nitrogen and oxygen atoms in total. The first-order valence-corrected chi connectivity index (χ1v) is 6.15. The smallest absolute Gasteiger partial charge is 0.335 e. The molecule has 0 atom stereocenters. The van der Waals surface area contributed by atoms with Crippen LogP contribution in [-0.4, -0.2) is 16.1 Å². The van der Waals surface area contributed by atoms with Gasteiger partial charge in [0.15, 0.2) is 0 Å². The quantitative estimate of drug-likeness (QED) is 0.695. The number of fused-ring (bicyclic) bond motifs is 3. The molecule has 2 aromatic carbocycles. The van der Waals surface area contributed by atoms with E-state index in [0.29, 0.717) is 0 Å². The number of halogens is 1. The number of rotatable bonds is 1. The second-order valence-corrected chi connectivity index (χ2v) is 4.88. The lowest BCUT2D eigenvalue weighted by molar-refractivity contribution is 0.0697. The van der Waals surface area contributed by atoms with Crippen molar-refractivity contribution < 1.29 is 9.90 Å². The van der Waals surface area contributed by atoms with Gasteiger partial charge in [0.1, 0.15) is 0 Å². The van der Waals surface area contributed by atoms with Crippen LogP contribution in [0.4, 0.5) is 0 Å². The number of aromatic nitrogens is 1. The summed E-state index contributed by atoms with van der Waals surface area (Å²) in [7, 11) is 0. The number of carbonyl (C=O) groups is 1. The fourth-order valence-corrected chi connectivity index (χ4v) is 2.68. The first-order chi connectivity index (χ1) is 8.66. The third kappa shape index (κ3) is 1.66. The summed E-state index contributed by atoms with van der Waals surface area (Å²) in [5.41, 5.74) is 0.289. The Labute approximate surface area is 111 Å². The van der Waals surface area contributed by atoms with Gasteiger partial charge < -0.3 is 5.11 Å². The lowest BCUT2D eigenvalue weighted by atomic mass is 10.0. The SMILES string of the molecule is O=C(O)c1ccc2c(c1)cc(Br)c1ccncc12. The molecule has 1 aromatic heterocycles. The fourth-order valence-electron chi connectivity index (χ4n) is 2.09. The standard InChI is InChI=1S/C14H8BrNO2/c15-13-6-9-5-8(14(17)18)1-2-10(9)12-7-16-4-3-11(12)13/h1-7H,(H,17,18). The van der Waals surface area contributed by atoms with Gasteiger partial charge in [-0.15, -0.1) is 0 Å². The Hall–Kier alpha value is -1.94. The maximum absolute atomic E-state index is 11.0. The van der Waals surface area contributed by atoms with E-state index >= 15 is 0 Å². The molecule has 0 aliphatic heterocycles. The van der Waals surface area contributed by atoms with Crippen LogP contribution in [0.2, 0.25) is 0 Å². The predicted octanol–water partition coefficient (Wildman–Crippen LogP) is 3.85. The van der Waals surface area contributed by atoms with Gasteiger partial charge in [-0.1, -0.05) is 22.0 Å². The summed E-state index contributed by atoms with van der Waals surface area (Å²) < 4.78 is 0.940. The molecule has 0 unspecified atom stereocenters. The zero-order chi connectivity index (χ0) is 12.7. The molecule has 88 valence electrons. The number of carboxylic acid groups (broad SMARTS) is 1. The van der Waals surface area contributed by atoms with Crippen LogP contribution in [-0.2, 0) is 0 Å². The van der Waals surface area contributed by atoms with Crippen molar-refractivity contribution in [1.29, 1.82) is 0 Å². The van der Waals surface area contributed by atoms with Gasteiger partial charge >= 0.3 is 5.97 Å². The van der Waals surface area contributed by atoms with E-state index in [0.717, 1.165) is 26.0 Å². The first-order valence-electron chi connectivity index (χ1n) is 5.36. The molecule has 4 heteroatoms. The van der Waals surface area contributed by atoms with E-state index in [1.807, 2.05) is 18.2 Å². The Morgan fingerprint density at radius 1 is 1.11 bits per heavy atom. The molecule has 0 saturated carbocycles. The highest BCUT2D eigenvalue weighted by Gasteiger charge is 2.08. The van der Waals surface area contributed by atoms with E-state index in [2.05, 4.69) is 20.9 Å². The van der Waals surface area contributed by atoms with Gasteiger partial charge in [-0.25, -0.2) is 4.79 Å². The minimum atomic E-state index is -0.917. The summed E-state index contributed by atoms with van der Waals surface area (Å²) in [5, 5.41) is 13.0. The van der Waals surface area contributed by atoms with Crippen LogP contribution in [0.1, 0.15) is 10.4 Å². The molecule has 0 fully saturated rings. The molecule has 3 rings (SSSR count). The lowest BCUT2D eigenvalue weighted by Gasteiger charge is -2.06. The molecule has 0 spiro atoms. The molecule has 0 amide bonds. The van der Waals surface area contributed by atoms with Crippen LogP contribution in [0, 0.1) is 0 Å². The van der Waals surface area contributed by atoms with Gasteiger partial charge in [0.25, 0.3) is 0 Å². The second-order valence-electron chi connectivity index (χ2n) is 4.02. The van der Waals surface area contributed by atoms with Crippen LogP contribution >= 0.6 is 15.9 Å². The topological polar surface area (TPSA) is 50.2 Å². The van der Waals surface area contributed by atoms with E-state index in [4.69, 9.17) is 5.11 Å². The summed E-state index contributed by atoms with van der Waals surface area (Å²) in [6, 6.07) is 8.99. The van der Waals surface area contributed by atoms with Crippen molar-refractivity contribution in [3.63, 3.8) is 0 Å². The maximum atomic E-state index is 11.0. The number of nitrogens with zero attached hydrogens (tertiary/aromatic N) is 1. The Morgan fingerprint density at radius 2 is 1.94 bits per heavy atom. The molecule has 3 aromatic rings. The van der Waals surface area contributed by atoms with Crippen molar-refractivity contribution in [1.82, 2.24) is 4.98 Å². The molecule has 0 aliphatic carbocycles. The fraction of sp³-hybridized carbons (Fsp3) is 0. The van der Waals surface area contributed by atoms with Crippen LogP contribution in [0.5, 0.6) is 0 Å². The normalized spacial score (nSPS) is 10.9. The van der Waals surface area contributed by atoms with Crippen LogP contribution in [0.25, 0.3) is 21.5 Å². The molecular weight excluding hydrogens is 294 g/mol. The molecule has 1 N–H and O–H groups in total. The van der Waals surface area contributed by atoms with Gasteiger partial charge in [-0.3, -0.25) is 4.98 Å². The van der Waals surface area contributed by atoms with Gasteiger partial charge in [-0.05, 0) is 40.4 Å². The Bertz CT molecular complexity index is 783. The number of carboxylic acids is 1. The largest absolute Gasteiger partial charge is 0.478 e. The van der Waals surface area contributed by atoms with Crippen molar-refractivity contribution in [3.8, 4) is 0 Å².